The van der Waals surface area contributed by atoms with Crippen molar-refractivity contribution in [3.05, 3.63) is 87.3 Å². The zero-order chi connectivity index (χ0) is 24.6. The molecule has 0 aliphatic carbocycles. The number of rotatable bonds is 10. The number of ether oxygens (including phenoxy) is 1. The molecule has 35 heavy (non-hydrogen) atoms. The first-order valence-corrected chi connectivity index (χ1v) is 12.9. The lowest BCUT2D eigenvalue weighted by molar-refractivity contribution is -0.119. The summed E-state index contributed by atoms with van der Waals surface area (Å²) in [5.74, 6) is 1.01. The maximum atomic E-state index is 12.8. The van der Waals surface area contributed by atoms with Crippen LogP contribution in [-0.4, -0.2) is 46.2 Å². The highest BCUT2D eigenvalue weighted by Crippen LogP contribution is 2.23. The Morgan fingerprint density at radius 1 is 1.20 bits per heavy atom. The molecular weight excluding hydrogens is 460 g/mol. The number of aromatic amines is 1. The predicted octanol–water partition coefficient (Wildman–Crippen LogP) is 3.57. The van der Waals surface area contributed by atoms with Crippen molar-refractivity contribution < 1.29 is 9.53 Å². The molecule has 0 unspecified atom stereocenters. The van der Waals surface area contributed by atoms with Crippen molar-refractivity contribution in [3.63, 3.8) is 0 Å². The third kappa shape index (κ3) is 6.96. The van der Waals surface area contributed by atoms with E-state index in [0.717, 1.165) is 36.4 Å². The molecule has 7 nitrogen and oxygen atoms in total. The molecule has 2 aromatic carbocycles. The van der Waals surface area contributed by atoms with Crippen molar-refractivity contribution in [2.24, 2.45) is 0 Å². The van der Waals surface area contributed by atoms with Gasteiger partial charge < -0.3 is 15.0 Å². The lowest BCUT2D eigenvalue weighted by atomic mass is 10.1. The van der Waals surface area contributed by atoms with E-state index in [9.17, 15) is 9.59 Å². The van der Waals surface area contributed by atoms with Gasteiger partial charge in [0.2, 0.25) is 5.91 Å². The van der Waals surface area contributed by atoms with Crippen molar-refractivity contribution in [2.75, 3.05) is 19.4 Å². The molecule has 8 heteroatoms. The standard InChI is InChI=1S/C27H32N4O3S/c1-19(12-13-20-8-4-3-5-9-20)28-25(32)18-35-27-29-23-14-15-31(17-22(23)26(33)30-27)16-21-10-6-7-11-24(21)34-2/h3-11,19H,12-18H2,1-2H3,(H,28,32)(H,29,30,33)/t19-/m1/s1. The first kappa shape index (κ1) is 25.0. The van der Waals surface area contributed by atoms with Crippen LogP contribution >= 0.6 is 11.8 Å². The summed E-state index contributed by atoms with van der Waals surface area (Å²) >= 11 is 1.27. The van der Waals surface area contributed by atoms with Crippen LogP contribution in [0.15, 0.2) is 64.5 Å². The summed E-state index contributed by atoms with van der Waals surface area (Å²) in [4.78, 5) is 34.9. The van der Waals surface area contributed by atoms with Crippen LogP contribution in [0.4, 0.5) is 0 Å². The minimum atomic E-state index is -0.126. The molecule has 184 valence electrons. The zero-order valence-corrected chi connectivity index (χ0v) is 21.1. The Hall–Kier alpha value is -3.10. The maximum Gasteiger partial charge on any atom is 0.256 e. The molecule has 1 aliphatic heterocycles. The Morgan fingerprint density at radius 2 is 1.97 bits per heavy atom. The number of amides is 1. The van der Waals surface area contributed by atoms with Crippen molar-refractivity contribution in [2.45, 2.75) is 50.5 Å². The fourth-order valence-electron chi connectivity index (χ4n) is 4.29. The van der Waals surface area contributed by atoms with Crippen LogP contribution in [0.25, 0.3) is 0 Å². The molecule has 1 aromatic heterocycles. The van der Waals surface area contributed by atoms with Gasteiger partial charge in [-0.2, -0.15) is 0 Å². The Balaban J connectivity index is 1.28. The predicted molar refractivity (Wildman–Crippen MR) is 139 cm³/mol. The van der Waals surface area contributed by atoms with E-state index in [1.54, 1.807) is 7.11 Å². The van der Waals surface area contributed by atoms with Crippen LogP contribution in [0.3, 0.4) is 0 Å². The van der Waals surface area contributed by atoms with Crippen LogP contribution < -0.4 is 15.6 Å². The van der Waals surface area contributed by atoms with Crippen molar-refractivity contribution >= 4 is 17.7 Å². The van der Waals surface area contributed by atoms with E-state index < -0.39 is 0 Å². The summed E-state index contributed by atoms with van der Waals surface area (Å²) in [6.45, 7) is 4.08. The number of hydrogen-bond donors (Lipinski definition) is 2. The Labute approximate surface area is 210 Å². The number of H-pyrrole nitrogens is 1. The van der Waals surface area contributed by atoms with E-state index in [1.807, 2.05) is 49.4 Å². The van der Waals surface area contributed by atoms with E-state index in [1.165, 1.54) is 17.3 Å². The maximum absolute atomic E-state index is 12.8. The summed E-state index contributed by atoms with van der Waals surface area (Å²) in [7, 11) is 1.67. The first-order valence-electron chi connectivity index (χ1n) is 11.9. The second kappa shape index (κ2) is 12.0. The summed E-state index contributed by atoms with van der Waals surface area (Å²) in [6.07, 6.45) is 2.49. The molecule has 1 amide bonds. The van der Waals surface area contributed by atoms with Crippen LogP contribution in [0, 0.1) is 0 Å². The average molecular weight is 493 g/mol. The summed E-state index contributed by atoms with van der Waals surface area (Å²) in [5.41, 5.74) is 3.76. The van der Waals surface area contributed by atoms with Gasteiger partial charge >= 0.3 is 0 Å². The summed E-state index contributed by atoms with van der Waals surface area (Å²) in [6, 6.07) is 18.3. The fraction of sp³-hybridized carbons (Fsp3) is 0.370. The molecule has 3 aromatic rings. The van der Waals surface area contributed by atoms with E-state index in [4.69, 9.17) is 4.74 Å². The molecule has 1 aliphatic rings. The number of para-hydroxylation sites is 1. The van der Waals surface area contributed by atoms with Crippen molar-refractivity contribution in [1.29, 1.82) is 0 Å². The highest BCUT2D eigenvalue weighted by Gasteiger charge is 2.22. The van der Waals surface area contributed by atoms with Crippen molar-refractivity contribution in [3.8, 4) is 5.75 Å². The van der Waals surface area contributed by atoms with Crippen LogP contribution in [-0.2, 0) is 30.7 Å². The van der Waals surface area contributed by atoms with Crippen LogP contribution in [0.1, 0.15) is 35.7 Å². The molecule has 0 saturated heterocycles. The highest BCUT2D eigenvalue weighted by atomic mass is 32.2. The fourth-order valence-corrected chi connectivity index (χ4v) is 4.98. The number of fused-ring (bicyclic) bond motifs is 1. The number of thioether (sulfide) groups is 1. The Bertz CT molecular complexity index is 1200. The summed E-state index contributed by atoms with van der Waals surface area (Å²) in [5, 5.41) is 3.54. The molecule has 0 bridgehead atoms. The number of carbonyl (C=O) groups is 1. The lowest BCUT2D eigenvalue weighted by Crippen LogP contribution is -2.36. The van der Waals surface area contributed by atoms with Crippen LogP contribution in [0.5, 0.6) is 5.75 Å². The van der Waals surface area contributed by atoms with Gasteiger partial charge in [-0.25, -0.2) is 4.98 Å². The van der Waals surface area contributed by atoms with Gasteiger partial charge in [-0.15, -0.1) is 0 Å². The number of nitrogens with zero attached hydrogens (tertiary/aromatic N) is 2. The van der Waals surface area contributed by atoms with E-state index in [0.29, 0.717) is 30.2 Å². The van der Waals surface area contributed by atoms with Gasteiger partial charge in [0.05, 0.1) is 24.1 Å². The minimum Gasteiger partial charge on any atom is -0.496 e. The van der Waals surface area contributed by atoms with E-state index in [2.05, 4.69) is 32.3 Å². The number of aromatic nitrogens is 2. The van der Waals surface area contributed by atoms with Gasteiger partial charge in [0.15, 0.2) is 5.16 Å². The van der Waals surface area contributed by atoms with Gasteiger partial charge in [0.25, 0.3) is 5.56 Å². The topological polar surface area (TPSA) is 87.3 Å². The van der Waals surface area contributed by atoms with Crippen molar-refractivity contribution in [1.82, 2.24) is 20.2 Å². The number of carbonyl (C=O) groups excluding carboxylic acids is 1. The molecule has 0 radical (unpaired) electrons. The van der Waals surface area contributed by atoms with Gasteiger partial charge in [-0.1, -0.05) is 60.3 Å². The minimum absolute atomic E-state index is 0.0566. The third-order valence-electron chi connectivity index (χ3n) is 6.17. The van der Waals surface area contributed by atoms with Gasteiger partial charge in [0.1, 0.15) is 5.75 Å². The second-order valence-corrected chi connectivity index (χ2v) is 9.81. The van der Waals surface area contributed by atoms with Gasteiger partial charge in [0, 0.05) is 37.7 Å². The molecule has 4 rings (SSSR count). The normalized spacial score (nSPS) is 14.2. The van der Waals surface area contributed by atoms with Gasteiger partial charge in [-0.05, 0) is 31.4 Å². The number of aryl methyl sites for hydroxylation is 1. The zero-order valence-electron chi connectivity index (χ0n) is 20.3. The van der Waals surface area contributed by atoms with E-state index >= 15 is 0 Å². The Morgan fingerprint density at radius 3 is 2.77 bits per heavy atom. The average Bonchev–Trinajstić information content (AvgIpc) is 2.87. The molecular formula is C27H32N4O3S. The monoisotopic (exact) mass is 492 g/mol. The molecule has 0 saturated carbocycles. The SMILES string of the molecule is COc1ccccc1CN1CCc2nc(SCC(=O)N[C@H](C)CCc3ccccc3)[nH]c(=O)c2C1. The number of hydrogen-bond acceptors (Lipinski definition) is 6. The third-order valence-corrected chi connectivity index (χ3v) is 7.04. The first-order chi connectivity index (χ1) is 17.0. The molecule has 2 heterocycles. The van der Waals surface area contributed by atoms with Crippen LogP contribution in [0.2, 0.25) is 0 Å². The molecule has 1 atom stereocenters. The van der Waals surface area contributed by atoms with E-state index in [-0.39, 0.29) is 23.3 Å². The highest BCUT2D eigenvalue weighted by molar-refractivity contribution is 7.99. The smallest absolute Gasteiger partial charge is 0.256 e. The van der Waals surface area contributed by atoms with Gasteiger partial charge in [-0.3, -0.25) is 14.5 Å². The quantitative estimate of drug-likeness (QED) is 0.332. The number of nitrogens with one attached hydrogen (secondary N) is 2. The lowest BCUT2D eigenvalue weighted by Gasteiger charge is -2.28. The summed E-state index contributed by atoms with van der Waals surface area (Å²) < 4.78 is 5.46. The number of methoxy groups -OCH3 is 1. The molecule has 0 spiro atoms. The molecule has 0 fully saturated rings. The Kier molecular flexibility index (Phi) is 8.60. The number of benzene rings is 2. The molecule has 2 N–H and O–H groups in total. The largest absolute Gasteiger partial charge is 0.496 e. The second-order valence-electron chi connectivity index (χ2n) is 8.85.